The molecule has 1 aromatic heterocycles. The van der Waals surface area contributed by atoms with Crippen molar-refractivity contribution < 1.29 is 23.7 Å². The van der Waals surface area contributed by atoms with E-state index in [1.807, 2.05) is 11.1 Å². The number of ether oxygens (including phenoxy) is 1. The molecule has 0 amide bonds. The number of benzene rings is 3. The minimum atomic E-state index is -4.94. The molecule has 0 spiro atoms. The maximum Gasteiger partial charge on any atom is 0.573 e. The minimum absolute atomic E-state index is 0.0302. The van der Waals surface area contributed by atoms with Gasteiger partial charge in [0.1, 0.15) is 11.9 Å². The SMILES string of the molecule is [2H]C(Nc1cc(Cl)c2ncc(C#N)c(Nc3ccccc3OC(F)(F)F)c2c1)(C1=CN(C2CC2)NN1)c1ccc(F)cc1. The lowest BCUT2D eigenvalue weighted by atomic mass is 10.0. The number of nitriles is 1. The molecule has 2 heterocycles. The number of nitrogens with one attached hydrogen (secondary N) is 4. The number of alkyl halides is 3. The zero-order valence-electron chi connectivity index (χ0n) is 22.6. The zero-order chi connectivity index (χ0) is 30.4. The van der Waals surface area contributed by atoms with E-state index in [2.05, 4.69) is 31.3 Å². The normalized spacial score (nSPS) is 16.6. The minimum Gasteiger partial charge on any atom is -0.404 e. The number of halogens is 5. The molecule has 6 rings (SSSR count). The smallest absolute Gasteiger partial charge is 0.404 e. The molecular formula is C29H22ClF4N7O. The van der Waals surface area contributed by atoms with Gasteiger partial charge in [0.2, 0.25) is 0 Å². The fourth-order valence-corrected chi connectivity index (χ4v) is 4.80. The van der Waals surface area contributed by atoms with E-state index in [0.717, 1.165) is 18.9 Å². The Bertz CT molecular complexity index is 1780. The Morgan fingerprint density at radius 1 is 1.17 bits per heavy atom. The molecule has 214 valence electrons. The van der Waals surface area contributed by atoms with Crippen molar-refractivity contribution in [1.82, 2.24) is 21.0 Å². The van der Waals surface area contributed by atoms with Gasteiger partial charge in [-0.2, -0.15) is 5.26 Å². The van der Waals surface area contributed by atoms with E-state index in [9.17, 15) is 24.2 Å². The topological polar surface area (TPSA) is 97.3 Å². The second-order valence-electron chi connectivity index (χ2n) is 9.61. The molecule has 1 unspecified atom stereocenters. The van der Waals surface area contributed by atoms with Gasteiger partial charge in [-0.3, -0.25) is 9.99 Å². The van der Waals surface area contributed by atoms with Crippen LogP contribution in [0.1, 0.15) is 31.4 Å². The Balaban J connectivity index is 1.45. The number of hydrazine groups is 2. The van der Waals surface area contributed by atoms with Crippen molar-refractivity contribution >= 4 is 39.6 Å². The summed E-state index contributed by atoms with van der Waals surface area (Å²) in [7, 11) is 0. The Labute approximate surface area is 243 Å². The standard InChI is InChI=1S/C29H22ClF4N7O/c30-22-12-19(37-27(16-5-7-18(31)8-6-16)24-15-41(40-39-24)20-9-10-20)11-21-26(17(13-35)14-36-28(21)22)38-23-3-1-2-4-25(23)42-29(32,33)34/h1-8,11-12,14-15,20,27,37,39-40H,9-10H2,(H,36,38)/i27D. The second-order valence-corrected chi connectivity index (χ2v) is 10.0. The van der Waals surface area contributed by atoms with Gasteiger partial charge in [0.25, 0.3) is 0 Å². The van der Waals surface area contributed by atoms with Crippen LogP contribution in [0.5, 0.6) is 5.75 Å². The van der Waals surface area contributed by atoms with E-state index in [1.165, 1.54) is 48.7 Å². The van der Waals surface area contributed by atoms with Gasteiger partial charge in [0, 0.05) is 29.5 Å². The number of hydrogen-bond donors (Lipinski definition) is 4. The highest BCUT2D eigenvalue weighted by Gasteiger charge is 2.33. The number of hydrogen-bond acceptors (Lipinski definition) is 8. The first-order valence-electron chi connectivity index (χ1n) is 13.2. The van der Waals surface area contributed by atoms with Crippen LogP contribution in [0.15, 0.2) is 78.8 Å². The molecule has 13 heteroatoms. The Morgan fingerprint density at radius 3 is 2.64 bits per heavy atom. The molecule has 4 N–H and O–H groups in total. The van der Waals surface area contributed by atoms with Crippen molar-refractivity contribution in [2.24, 2.45) is 0 Å². The lowest BCUT2D eigenvalue weighted by Crippen LogP contribution is -2.38. The van der Waals surface area contributed by atoms with Gasteiger partial charge in [0.15, 0.2) is 5.75 Å². The van der Waals surface area contributed by atoms with E-state index in [4.69, 9.17) is 11.6 Å². The summed E-state index contributed by atoms with van der Waals surface area (Å²) in [5.41, 5.74) is 7.59. The molecular weight excluding hydrogens is 574 g/mol. The molecule has 0 radical (unpaired) electrons. The van der Waals surface area contributed by atoms with Gasteiger partial charge in [-0.05, 0) is 54.8 Å². The van der Waals surface area contributed by atoms with Gasteiger partial charge >= 0.3 is 6.36 Å². The first kappa shape index (κ1) is 26.2. The molecule has 0 bridgehead atoms. The summed E-state index contributed by atoms with van der Waals surface area (Å²) in [5.74, 6) is -0.968. The summed E-state index contributed by atoms with van der Waals surface area (Å²) in [6.07, 6.45) is 0.0736. The third-order valence-electron chi connectivity index (χ3n) is 6.62. The van der Waals surface area contributed by atoms with Gasteiger partial charge < -0.3 is 20.8 Å². The summed E-state index contributed by atoms with van der Waals surface area (Å²) in [4.78, 5) is 4.29. The molecule has 2 aliphatic rings. The molecule has 3 aromatic carbocycles. The van der Waals surface area contributed by atoms with Gasteiger partial charge in [0.05, 0.1) is 40.6 Å². The van der Waals surface area contributed by atoms with E-state index < -0.39 is 23.9 Å². The lowest BCUT2D eigenvalue weighted by molar-refractivity contribution is -0.274. The third-order valence-corrected chi connectivity index (χ3v) is 6.91. The summed E-state index contributed by atoms with van der Waals surface area (Å²) < 4.78 is 66.8. The number of nitrogens with zero attached hydrogens (tertiary/aromatic N) is 3. The van der Waals surface area contributed by atoms with Crippen LogP contribution < -0.4 is 26.3 Å². The van der Waals surface area contributed by atoms with Crippen LogP contribution in [0.2, 0.25) is 5.02 Å². The fraction of sp³-hybridized carbons (Fsp3) is 0.172. The van der Waals surface area contributed by atoms with Crippen LogP contribution in [0.25, 0.3) is 10.9 Å². The molecule has 1 fully saturated rings. The molecule has 42 heavy (non-hydrogen) atoms. The van der Waals surface area contributed by atoms with Gasteiger partial charge in [-0.1, -0.05) is 35.9 Å². The average molecular weight is 597 g/mol. The quantitative estimate of drug-likeness (QED) is 0.161. The van der Waals surface area contributed by atoms with E-state index in [-0.39, 0.29) is 33.5 Å². The molecule has 0 saturated heterocycles. The van der Waals surface area contributed by atoms with Crippen molar-refractivity contribution in [1.29, 1.82) is 5.26 Å². The van der Waals surface area contributed by atoms with E-state index >= 15 is 0 Å². The summed E-state index contributed by atoms with van der Waals surface area (Å²) in [5, 5.41) is 18.2. The second kappa shape index (κ2) is 10.9. The number of fused-ring (bicyclic) bond motifs is 1. The van der Waals surface area contributed by atoms with E-state index in [1.54, 1.807) is 18.3 Å². The molecule has 1 aliphatic heterocycles. The molecule has 1 saturated carbocycles. The Kier molecular flexibility index (Phi) is 6.81. The fourth-order valence-electron chi connectivity index (χ4n) is 4.53. The Morgan fingerprint density at radius 2 is 1.93 bits per heavy atom. The molecule has 1 aliphatic carbocycles. The Hall–Kier alpha value is -4.73. The maximum absolute atomic E-state index is 13.8. The zero-order valence-corrected chi connectivity index (χ0v) is 22.3. The lowest BCUT2D eigenvalue weighted by Gasteiger charge is -2.22. The highest BCUT2D eigenvalue weighted by atomic mass is 35.5. The largest absolute Gasteiger partial charge is 0.573 e. The summed E-state index contributed by atoms with van der Waals surface area (Å²) in [6, 6.07) is 14.6. The first-order valence-corrected chi connectivity index (χ1v) is 13.1. The van der Waals surface area contributed by atoms with Crippen molar-refractivity contribution in [3.8, 4) is 11.8 Å². The first-order chi connectivity index (χ1) is 20.5. The van der Waals surface area contributed by atoms with Gasteiger partial charge in [-0.15, -0.1) is 18.7 Å². The average Bonchev–Trinajstić information content (AvgIpc) is 3.69. The predicted molar refractivity (Wildman–Crippen MR) is 150 cm³/mol. The van der Waals surface area contributed by atoms with Crippen LogP contribution in [-0.4, -0.2) is 22.4 Å². The van der Waals surface area contributed by atoms with Crippen LogP contribution in [0, 0.1) is 17.1 Å². The summed E-state index contributed by atoms with van der Waals surface area (Å²) >= 11 is 6.63. The highest BCUT2D eigenvalue weighted by Crippen LogP contribution is 2.39. The molecule has 8 nitrogen and oxygen atoms in total. The number of pyridine rings is 1. The van der Waals surface area contributed by atoms with Crippen molar-refractivity contribution in [3.63, 3.8) is 0 Å². The number of para-hydroxylation sites is 2. The van der Waals surface area contributed by atoms with Crippen LogP contribution in [-0.2, 0) is 0 Å². The predicted octanol–water partition coefficient (Wildman–Crippen LogP) is 7.02. The highest BCUT2D eigenvalue weighted by molar-refractivity contribution is 6.36. The maximum atomic E-state index is 13.8. The van der Waals surface area contributed by atoms with Crippen molar-refractivity contribution in [2.45, 2.75) is 31.3 Å². The number of aromatic nitrogens is 1. The number of anilines is 3. The summed E-state index contributed by atoms with van der Waals surface area (Å²) in [6.45, 7) is 0. The molecule has 1 atom stereocenters. The van der Waals surface area contributed by atoms with E-state index in [0.29, 0.717) is 22.3 Å². The monoisotopic (exact) mass is 596 g/mol. The molecule has 4 aromatic rings. The van der Waals surface area contributed by atoms with Crippen LogP contribution in [0.4, 0.5) is 34.6 Å². The van der Waals surface area contributed by atoms with Crippen LogP contribution >= 0.6 is 11.6 Å². The van der Waals surface area contributed by atoms with Crippen molar-refractivity contribution in [3.05, 3.63) is 101 Å². The number of rotatable bonds is 8. The third kappa shape index (κ3) is 5.83. The van der Waals surface area contributed by atoms with Crippen LogP contribution in [0.3, 0.4) is 0 Å². The van der Waals surface area contributed by atoms with Crippen molar-refractivity contribution in [2.75, 3.05) is 10.6 Å². The van der Waals surface area contributed by atoms with Gasteiger partial charge in [-0.25, -0.2) is 4.39 Å².